The Hall–Kier alpha value is -2.96. The predicted octanol–water partition coefficient (Wildman–Crippen LogP) is 2.78. The molecule has 2 aromatic rings. The van der Waals surface area contributed by atoms with Crippen molar-refractivity contribution in [2.75, 3.05) is 20.8 Å². The Balaban J connectivity index is 1.77. The molecule has 0 radical (unpaired) electrons. The number of nitrogens with zero attached hydrogens (tertiary/aromatic N) is 1. The number of benzene rings is 1. The molecule has 1 N–H and O–H groups in total. The van der Waals surface area contributed by atoms with E-state index in [9.17, 15) is 9.59 Å². The summed E-state index contributed by atoms with van der Waals surface area (Å²) in [5.41, 5.74) is 0.910. The molecule has 1 aliphatic rings. The third kappa shape index (κ3) is 3.92. The van der Waals surface area contributed by atoms with E-state index in [1.54, 1.807) is 38.2 Å². The summed E-state index contributed by atoms with van der Waals surface area (Å²) in [6, 6.07) is 7.98. The summed E-state index contributed by atoms with van der Waals surface area (Å²) in [5.74, 6) is 1.07. The Morgan fingerprint density at radius 1 is 1.26 bits per heavy atom. The molecule has 1 saturated heterocycles. The van der Waals surface area contributed by atoms with Crippen molar-refractivity contribution >= 4 is 11.8 Å². The van der Waals surface area contributed by atoms with Crippen LogP contribution in [0.4, 0.5) is 0 Å². The van der Waals surface area contributed by atoms with E-state index >= 15 is 0 Å². The molecule has 27 heavy (non-hydrogen) atoms. The van der Waals surface area contributed by atoms with E-state index in [2.05, 4.69) is 5.32 Å². The van der Waals surface area contributed by atoms with Gasteiger partial charge in [-0.1, -0.05) is 0 Å². The molecule has 1 aromatic heterocycles. The fraction of sp³-hybridized carbons (Fsp3) is 0.400. The maximum atomic E-state index is 13.0. The number of nitrogens with one attached hydrogen (secondary N) is 1. The van der Waals surface area contributed by atoms with Crippen LogP contribution in [0.5, 0.6) is 11.5 Å². The molecule has 1 aliphatic heterocycles. The van der Waals surface area contributed by atoms with Gasteiger partial charge >= 0.3 is 0 Å². The standard InChI is InChI=1S/C20H24N2O5/c1-13(21-19(23)18-7-5-11-27-18)20(24)22-10-4-6-16(22)15-12-14(25-2)8-9-17(15)26-3/h5,7-9,11-13,16H,4,6,10H2,1-3H3,(H,21,23)/t13-,16+/m1/s1. The Kier molecular flexibility index (Phi) is 5.69. The molecule has 0 saturated carbocycles. The molecule has 7 nitrogen and oxygen atoms in total. The number of ether oxygens (including phenoxy) is 2. The highest BCUT2D eigenvalue weighted by molar-refractivity contribution is 5.95. The van der Waals surface area contributed by atoms with Crippen molar-refractivity contribution < 1.29 is 23.5 Å². The normalized spacial score (nSPS) is 17.4. The minimum Gasteiger partial charge on any atom is -0.497 e. The van der Waals surface area contributed by atoms with Gasteiger partial charge in [-0.3, -0.25) is 9.59 Å². The molecule has 1 fully saturated rings. The van der Waals surface area contributed by atoms with Crippen molar-refractivity contribution in [2.24, 2.45) is 0 Å². The van der Waals surface area contributed by atoms with Crippen LogP contribution >= 0.6 is 0 Å². The molecule has 2 heterocycles. The zero-order chi connectivity index (χ0) is 19.4. The summed E-state index contributed by atoms with van der Waals surface area (Å²) < 4.78 is 15.9. The molecule has 3 rings (SSSR count). The Labute approximate surface area is 158 Å². The fourth-order valence-electron chi connectivity index (χ4n) is 3.44. The lowest BCUT2D eigenvalue weighted by molar-refractivity contribution is -0.133. The van der Waals surface area contributed by atoms with Crippen LogP contribution in [-0.2, 0) is 4.79 Å². The summed E-state index contributed by atoms with van der Waals surface area (Å²) in [7, 11) is 3.22. The van der Waals surface area contributed by atoms with Crippen molar-refractivity contribution in [1.29, 1.82) is 0 Å². The third-order valence-electron chi connectivity index (χ3n) is 4.79. The quantitative estimate of drug-likeness (QED) is 0.843. The minimum absolute atomic E-state index is 0.120. The maximum Gasteiger partial charge on any atom is 0.287 e. The summed E-state index contributed by atoms with van der Waals surface area (Å²) in [6.07, 6.45) is 3.14. The van der Waals surface area contributed by atoms with Crippen molar-refractivity contribution in [1.82, 2.24) is 10.2 Å². The Morgan fingerprint density at radius 2 is 2.07 bits per heavy atom. The average Bonchev–Trinajstić information content (AvgIpc) is 3.38. The number of methoxy groups -OCH3 is 2. The minimum atomic E-state index is -0.667. The van der Waals surface area contributed by atoms with E-state index in [0.29, 0.717) is 18.0 Å². The Bertz CT molecular complexity index is 803. The highest BCUT2D eigenvalue weighted by Gasteiger charge is 2.34. The molecule has 0 aliphatic carbocycles. The highest BCUT2D eigenvalue weighted by atomic mass is 16.5. The van der Waals surface area contributed by atoms with Gasteiger partial charge in [0.2, 0.25) is 5.91 Å². The van der Waals surface area contributed by atoms with Crippen LogP contribution < -0.4 is 14.8 Å². The first-order valence-electron chi connectivity index (χ1n) is 8.92. The maximum absolute atomic E-state index is 13.0. The van der Waals surface area contributed by atoms with Crippen molar-refractivity contribution in [2.45, 2.75) is 31.8 Å². The molecule has 2 atom stereocenters. The average molecular weight is 372 g/mol. The van der Waals surface area contributed by atoms with E-state index in [0.717, 1.165) is 18.4 Å². The molecule has 144 valence electrons. The topological polar surface area (TPSA) is 81.0 Å². The first-order valence-corrected chi connectivity index (χ1v) is 8.92. The monoisotopic (exact) mass is 372 g/mol. The van der Waals surface area contributed by atoms with Crippen LogP contribution in [0.1, 0.15) is 41.9 Å². The SMILES string of the molecule is COc1ccc(OC)c([C@@H]2CCCN2C(=O)[C@@H](C)NC(=O)c2ccco2)c1. The Morgan fingerprint density at radius 3 is 2.74 bits per heavy atom. The van der Waals surface area contributed by atoms with Gasteiger partial charge in [0, 0.05) is 12.1 Å². The molecule has 0 spiro atoms. The number of amides is 2. The number of hydrogen-bond donors (Lipinski definition) is 1. The second kappa shape index (κ2) is 8.16. The largest absolute Gasteiger partial charge is 0.497 e. The fourth-order valence-corrected chi connectivity index (χ4v) is 3.44. The lowest BCUT2D eigenvalue weighted by Crippen LogP contribution is -2.46. The molecule has 1 aromatic carbocycles. The lowest BCUT2D eigenvalue weighted by Gasteiger charge is -2.29. The van der Waals surface area contributed by atoms with Crippen LogP contribution in [0.15, 0.2) is 41.0 Å². The van der Waals surface area contributed by atoms with Gasteiger partial charge in [-0.2, -0.15) is 0 Å². The van der Waals surface area contributed by atoms with Gasteiger partial charge in [0.1, 0.15) is 17.5 Å². The summed E-state index contributed by atoms with van der Waals surface area (Å²) in [6.45, 7) is 2.31. The second-order valence-electron chi connectivity index (χ2n) is 6.47. The van der Waals surface area contributed by atoms with Gasteiger partial charge < -0.3 is 24.1 Å². The van der Waals surface area contributed by atoms with Crippen LogP contribution in [0.2, 0.25) is 0 Å². The number of furan rings is 1. The molecule has 0 bridgehead atoms. The van der Waals surface area contributed by atoms with Crippen LogP contribution in [0, 0.1) is 0 Å². The van der Waals surface area contributed by atoms with Gasteiger partial charge in [0.15, 0.2) is 5.76 Å². The van der Waals surface area contributed by atoms with Crippen LogP contribution in [0.3, 0.4) is 0 Å². The van der Waals surface area contributed by atoms with Gasteiger partial charge in [0.25, 0.3) is 5.91 Å². The van der Waals surface area contributed by atoms with Gasteiger partial charge in [0.05, 0.1) is 26.5 Å². The number of likely N-dealkylation sites (tertiary alicyclic amines) is 1. The predicted molar refractivity (Wildman–Crippen MR) is 98.9 cm³/mol. The highest BCUT2D eigenvalue weighted by Crippen LogP contribution is 2.39. The molecule has 7 heteroatoms. The first kappa shape index (κ1) is 18.8. The number of carbonyl (C=O) groups excluding carboxylic acids is 2. The van der Waals surface area contributed by atoms with E-state index in [4.69, 9.17) is 13.9 Å². The lowest BCUT2D eigenvalue weighted by atomic mass is 10.0. The van der Waals surface area contributed by atoms with Crippen LogP contribution in [-0.4, -0.2) is 43.5 Å². The zero-order valence-corrected chi connectivity index (χ0v) is 15.7. The summed E-state index contributed by atoms with van der Waals surface area (Å²) in [4.78, 5) is 27.0. The molecular weight excluding hydrogens is 348 g/mol. The molecule has 2 amide bonds. The van der Waals surface area contributed by atoms with E-state index in [1.807, 2.05) is 18.2 Å². The van der Waals surface area contributed by atoms with E-state index in [1.165, 1.54) is 6.26 Å². The third-order valence-corrected chi connectivity index (χ3v) is 4.79. The summed E-state index contributed by atoms with van der Waals surface area (Å²) in [5, 5.41) is 2.70. The van der Waals surface area contributed by atoms with Crippen molar-refractivity contribution in [3.05, 3.63) is 47.9 Å². The van der Waals surface area contributed by atoms with Crippen LogP contribution in [0.25, 0.3) is 0 Å². The molecule has 0 unspecified atom stereocenters. The zero-order valence-electron chi connectivity index (χ0n) is 15.7. The number of hydrogen-bond acceptors (Lipinski definition) is 5. The van der Waals surface area contributed by atoms with Gasteiger partial charge in [-0.15, -0.1) is 0 Å². The molecular formula is C20H24N2O5. The number of carbonyl (C=O) groups is 2. The second-order valence-corrected chi connectivity index (χ2v) is 6.47. The van der Waals surface area contributed by atoms with Crippen molar-refractivity contribution in [3.8, 4) is 11.5 Å². The van der Waals surface area contributed by atoms with Crippen molar-refractivity contribution in [3.63, 3.8) is 0 Å². The van der Waals surface area contributed by atoms with E-state index < -0.39 is 11.9 Å². The smallest absolute Gasteiger partial charge is 0.287 e. The number of rotatable bonds is 6. The first-order chi connectivity index (χ1) is 13.0. The van der Waals surface area contributed by atoms with Gasteiger partial charge in [-0.25, -0.2) is 0 Å². The van der Waals surface area contributed by atoms with E-state index in [-0.39, 0.29) is 17.7 Å². The van der Waals surface area contributed by atoms with Gasteiger partial charge in [-0.05, 0) is 50.1 Å². The summed E-state index contributed by atoms with van der Waals surface area (Å²) >= 11 is 0.